The van der Waals surface area contributed by atoms with Gasteiger partial charge in [-0.05, 0) is 66.6 Å². The van der Waals surface area contributed by atoms with Crippen LogP contribution in [0.5, 0.6) is 5.75 Å². The van der Waals surface area contributed by atoms with Crippen molar-refractivity contribution in [3.63, 3.8) is 0 Å². The monoisotopic (exact) mass is 413 g/mol. The molecule has 0 amide bonds. The van der Waals surface area contributed by atoms with E-state index in [1.54, 1.807) is 25.2 Å². The van der Waals surface area contributed by atoms with Crippen LogP contribution in [0.25, 0.3) is 0 Å². The highest BCUT2D eigenvalue weighted by Gasteiger charge is 2.16. The fraction of sp³-hybridized carbons (Fsp3) is 0.160. The van der Waals surface area contributed by atoms with Gasteiger partial charge in [-0.3, -0.25) is 4.99 Å². The second kappa shape index (κ2) is 10.1. The van der Waals surface area contributed by atoms with Crippen LogP contribution in [0.2, 0.25) is 0 Å². The van der Waals surface area contributed by atoms with Gasteiger partial charge >= 0.3 is 5.97 Å². The predicted molar refractivity (Wildman–Crippen MR) is 121 cm³/mol. The Morgan fingerprint density at radius 3 is 2.48 bits per heavy atom. The number of aryl methyl sites for hydroxylation is 1. The number of aromatic carboxylic acids is 1. The summed E-state index contributed by atoms with van der Waals surface area (Å²) in [6, 6.07) is 24.0. The van der Waals surface area contributed by atoms with Crippen molar-refractivity contribution in [1.82, 2.24) is 0 Å². The number of hydrogen-bond acceptors (Lipinski definition) is 4. The largest absolute Gasteiger partial charge is 0.486 e. The van der Waals surface area contributed by atoms with Crippen LogP contribution in [0.3, 0.4) is 0 Å². The first-order valence-corrected chi connectivity index (χ1v) is 9.75. The van der Waals surface area contributed by atoms with E-state index >= 15 is 0 Å². The second-order valence-electron chi connectivity index (χ2n) is 7.00. The zero-order valence-electron chi connectivity index (χ0n) is 17.4. The zero-order chi connectivity index (χ0) is 22.2. The predicted octanol–water partition coefficient (Wildman–Crippen LogP) is 4.68. The number of nitriles is 1. The Morgan fingerprint density at radius 1 is 1.10 bits per heavy atom. The fourth-order valence-electron chi connectivity index (χ4n) is 3.15. The van der Waals surface area contributed by atoms with Gasteiger partial charge in [0.2, 0.25) is 0 Å². The maximum atomic E-state index is 11.0. The molecule has 0 bridgehead atoms. The van der Waals surface area contributed by atoms with E-state index in [4.69, 9.17) is 9.84 Å². The van der Waals surface area contributed by atoms with Crippen LogP contribution in [0, 0.1) is 18.3 Å². The molecule has 0 fully saturated rings. The Hall–Kier alpha value is -4.11. The van der Waals surface area contributed by atoms with Crippen molar-refractivity contribution in [3.05, 3.63) is 95.1 Å². The van der Waals surface area contributed by atoms with Crippen molar-refractivity contribution in [2.75, 3.05) is 18.6 Å². The molecule has 0 heterocycles. The molecule has 0 atom stereocenters. The zero-order valence-corrected chi connectivity index (χ0v) is 17.4. The summed E-state index contributed by atoms with van der Waals surface area (Å²) >= 11 is 0. The van der Waals surface area contributed by atoms with E-state index < -0.39 is 5.97 Å². The molecule has 0 saturated heterocycles. The summed E-state index contributed by atoms with van der Waals surface area (Å²) in [6.07, 6.45) is 0. The van der Waals surface area contributed by atoms with Gasteiger partial charge in [0.1, 0.15) is 18.2 Å². The van der Waals surface area contributed by atoms with Gasteiger partial charge in [-0.2, -0.15) is 5.26 Å². The van der Waals surface area contributed by atoms with E-state index in [-0.39, 0.29) is 12.2 Å². The first kappa shape index (κ1) is 21.6. The van der Waals surface area contributed by atoms with E-state index in [1.807, 2.05) is 43.3 Å². The van der Waals surface area contributed by atoms with Crippen LogP contribution >= 0.6 is 0 Å². The number of hydrogen-bond donors (Lipinski definition) is 1. The molecule has 0 saturated carbocycles. The second-order valence-corrected chi connectivity index (χ2v) is 7.00. The number of ether oxygens (including phenoxy) is 1. The van der Waals surface area contributed by atoms with E-state index in [0.29, 0.717) is 23.7 Å². The molecule has 0 aromatic heterocycles. The summed E-state index contributed by atoms with van der Waals surface area (Å²) < 4.78 is 5.89. The van der Waals surface area contributed by atoms with Crippen molar-refractivity contribution in [1.29, 1.82) is 5.26 Å². The molecular formula is C25H23N3O3. The van der Waals surface area contributed by atoms with E-state index in [1.165, 1.54) is 12.1 Å². The Morgan fingerprint density at radius 2 is 1.84 bits per heavy atom. The first-order chi connectivity index (χ1) is 15.0. The minimum atomic E-state index is -0.979. The third kappa shape index (κ3) is 5.71. The van der Waals surface area contributed by atoms with Crippen molar-refractivity contribution in [2.24, 2.45) is 4.99 Å². The third-order valence-corrected chi connectivity index (χ3v) is 4.75. The van der Waals surface area contributed by atoms with Crippen molar-refractivity contribution in [2.45, 2.75) is 13.5 Å². The number of carboxylic acid groups (broad SMARTS) is 1. The molecular weight excluding hydrogens is 390 g/mol. The first-order valence-electron chi connectivity index (χ1n) is 9.75. The van der Waals surface area contributed by atoms with Gasteiger partial charge in [0.25, 0.3) is 0 Å². The number of nitrogens with zero attached hydrogens (tertiary/aromatic N) is 3. The molecule has 0 aliphatic rings. The lowest BCUT2D eigenvalue weighted by Crippen LogP contribution is -2.35. The standard InChI is InChI=1S/C25H23N3O3/c1-18-5-3-8-22(13-18)28(16-20-7-4-6-19(14-20)15-26)24(27-2)17-31-23-11-9-21(10-12-23)25(29)30/h3-14H,16-17H2,1-2H3,(H,29,30). The Labute approximate surface area is 181 Å². The van der Waals surface area contributed by atoms with Crippen molar-refractivity contribution < 1.29 is 14.6 Å². The minimum absolute atomic E-state index is 0.203. The molecule has 0 spiro atoms. The maximum absolute atomic E-state index is 11.0. The van der Waals surface area contributed by atoms with Gasteiger partial charge < -0.3 is 14.7 Å². The highest BCUT2D eigenvalue weighted by molar-refractivity contribution is 5.98. The molecule has 6 heteroatoms. The number of carbonyl (C=O) groups is 1. The van der Waals surface area contributed by atoms with Crippen LogP contribution in [0.4, 0.5) is 5.69 Å². The van der Waals surface area contributed by atoms with Gasteiger partial charge in [0, 0.05) is 19.3 Å². The Balaban J connectivity index is 1.85. The average molecular weight is 413 g/mol. The number of anilines is 1. The maximum Gasteiger partial charge on any atom is 0.335 e. The summed E-state index contributed by atoms with van der Waals surface area (Å²) in [5.74, 6) is 0.282. The molecule has 6 nitrogen and oxygen atoms in total. The molecule has 31 heavy (non-hydrogen) atoms. The van der Waals surface area contributed by atoms with Gasteiger partial charge in [-0.1, -0.05) is 24.3 Å². The van der Waals surface area contributed by atoms with Crippen LogP contribution in [-0.4, -0.2) is 30.6 Å². The average Bonchev–Trinajstić information content (AvgIpc) is 2.79. The summed E-state index contributed by atoms with van der Waals surface area (Å²) in [6.45, 7) is 2.75. The Bertz CT molecular complexity index is 1130. The fourth-order valence-corrected chi connectivity index (χ4v) is 3.15. The molecule has 3 aromatic rings. The van der Waals surface area contributed by atoms with Crippen LogP contribution < -0.4 is 9.64 Å². The molecule has 3 aromatic carbocycles. The van der Waals surface area contributed by atoms with Crippen LogP contribution in [0.1, 0.15) is 27.0 Å². The Kier molecular flexibility index (Phi) is 7.02. The topological polar surface area (TPSA) is 85.9 Å². The summed E-state index contributed by atoms with van der Waals surface area (Å²) in [4.78, 5) is 17.5. The smallest absolute Gasteiger partial charge is 0.335 e. The highest BCUT2D eigenvalue weighted by atomic mass is 16.5. The van der Waals surface area contributed by atoms with E-state index in [9.17, 15) is 10.1 Å². The van der Waals surface area contributed by atoms with Gasteiger partial charge in [-0.25, -0.2) is 4.79 Å². The quantitative estimate of drug-likeness (QED) is 0.449. The summed E-state index contributed by atoms with van der Waals surface area (Å²) in [7, 11) is 1.71. The van der Waals surface area contributed by atoms with Gasteiger partial charge in [0.15, 0.2) is 0 Å². The molecule has 0 radical (unpaired) electrons. The summed E-state index contributed by atoms with van der Waals surface area (Å²) in [5.41, 5.74) is 3.87. The number of benzene rings is 3. The molecule has 0 aliphatic heterocycles. The third-order valence-electron chi connectivity index (χ3n) is 4.75. The lowest BCUT2D eigenvalue weighted by molar-refractivity contribution is 0.0697. The molecule has 0 aliphatic carbocycles. The number of amidine groups is 1. The molecule has 156 valence electrons. The number of rotatable bonds is 7. The lowest BCUT2D eigenvalue weighted by Gasteiger charge is -2.27. The van der Waals surface area contributed by atoms with Gasteiger partial charge in [-0.15, -0.1) is 0 Å². The SMILES string of the molecule is CN=C(COc1ccc(C(=O)O)cc1)N(Cc1cccc(C#N)c1)c1cccc(C)c1. The minimum Gasteiger partial charge on any atom is -0.486 e. The molecule has 0 unspecified atom stereocenters. The van der Waals surface area contributed by atoms with Crippen molar-refractivity contribution in [3.8, 4) is 11.8 Å². The number of aliphatic imine (C=N–C) groups is 1. The lowest BCUT2D eigenvalue weighted by atomic mass is 10.1. The van der Waals surface area contributed by atoms with Crippen LogP contribution in [0.15, 0.2) is 77.8 Å². The van der Waals surface area contributed by atoms with Crippen LogP contribution in [-0.2, 0) is 6.54 Å². The highest BCUT2D eigenvalue weighted by Crippen LogP contribution is 2.21. The normalized spacial score (nSPS) is 10.9. The van der Waals surface area contributed by atoms with E-state index in [2.05, 4.69) is 22.0 Å². The van der Waals surface area contributed by atoms with Crippen molar-refractivity contribution >= 4 is 17.5 Å². The van der Waals surface area contributed by atoms with Gasteiger partial charge in [0.05, 0.1) is 17.2 Å². The number of carboxylic acids is 1. The molecule has 3 rings (SSSR count). The summed E-state index contributed by atoms with van der Waals surface area (Å²) in [5, 5.41) is 18.3. The molecule has 1 N–H and O–H groups in total. The van der Waals surface area contributed by atoms with E-state index in [0.717, 1.165) is 16.8 Å².